The van der Waals surface area contributed by atoms with Crippen LogP contribution in [-0.2, 0) is 9.53 Å². The number of esters is 1. The number of benzene rings is 1. The number of anilines is 1. The van der Waals surface area contributed by atoms with Gasteiger partial charge in [-0.2, -0.15) is 0 Å². The summed E-state index contributed by atoms with van der Waals surface area (Å²) in [6.45, 7) is 1.90. The fourth-order valence-corrected chi connectivity index (χ4v) is 3.94. The average molecular weight is 302 g/mol. The first-order chi connectivity index (χ1) is 10.5. The maximum absolute atomic E-state index is 12.6. The minimum absolute atomic E-state index is 0.0233. The van der Waals surface area contributed by atoms with Gasteiger partial charge in [-0.3, -0.25) is 4.79 Å². The van der Waals surface area contributed by atoms with E-state index in [1.807, 2.05) is 13.0 Å². The van der Waals surface area contributed by atoms with Gasteiger partial charge in [-0.05, 0) is 55.7 Å². The number of rotatable bonds is 3. The third-order valence-electron chi connectivity index (χ3n) is 5.20. The summed E-state index contributed by atoms with van der Waals surface area (Å²) in [5, 5.41) is 2.96. The lowest BCUT2D eigenvalue weighted by molar-refractivity contribution is -0.121. The molecule has 0 aliphatic heterocycles. The number of fused-ring (bicyclic) bond motifs is 2. The molecule has 2 fully saturated rings. The van der Waals surface area contributed by atoms with E-state index in [-0.39, 0.29) is 17.9 Å². The molecule has 118 valence electrons. The van der Waals surface area contributed by atoms with Gasteiger partial charge < -0.3 is 15.8 Å². The van der Waals surface area contributed by atoms with Crippen LogP contribution in [0.5, 0.6) is 0 Å². The number of carbonyl (C=O) groups excluding carboxylic acids is 2. The molecule has 22 heavy (non-hydrogen) atoms. The summed E-state index contributed by atoms with van der Waals surface area (Å²) in [6, 6.07) is 5.13. The van der Waals surface area contributed by atoms with Gasteiger partial charge in [-0.15, -0.1) is 0 Å². The Bertz CT molecular complexity index is 612. The quantitative estimate of drug-likeness (QED) is 0.838. The molecule has 0 radical (unpaired) electrons. The zero-order valence-electron chi connectivity index (χ0n) is 13.0. The van der Waals surface area contributed by atoms with Gasteiger partial charge in [-0.25, -0.2) is 4.79 Å². The van der Waals surface area contributed by atoms with Gasteiger partial charge in [0, 0.05) is 11.7 Å². The highest BCUT2D eigenvalue weighted by Gasteiger charge is 2.49. The first kappa shape index (κ1) is 15.0. The number of nitrogens with two attached hydrogens (primary N) is 1. The zero-order valence-corrected chi connectivity index (χ0v) is 13.0. The topological polar surface area (TPSA) is 81.4 Å². The SMILES string of the molecule is COC(=O)c1ccc(C)c(NC(=O)C2C3CCC(C3)C2N)c1. The molecule has 5 heteroatoms. The summed E-state index contributed by atoms with van der Waals surface area (Å²) in [5.41, 5.74) is 8.22. The maximum atomic E-state index is 12.6. The average Bonchev–Trinajstić information content (AvgIpc) is 3.09. The van der Waals surface area contributed by atoms with Gasteiger partial charge in [0.05, 0.1) is 18.6 Å². The molecule has 0 aromatic heterocycles. The summed E-state index contributed by atoms with van der Waals surface area (Å²) in [4.78, 5) is 24.2. The molecule has 3 N–H and O–H groups in total. The molecule has 0 heterocycles. The Morgan fingerprint density at radius 1 is 1.27 bits per heavy atom. The van der Waals surface area contributed by atoms with Crippen molar-refractivity contribution in [1.29, 1.82) is 0 Å². The van der Waals surface area contributed by atoms with Crippen LogP contribution in [0.15, 0.2) is 18.2 Å². The molecule has 2 saturated carbocycles. The summed E-state index contributed by atoms with van der Waals surface area (Å²) in [6.07, 6.45) is 3.31. The van der Waals surface area contributed by atoms with Crippen molar-refractivity contribution in [2.45, 2.75) is 32.2 Å². The molecular formula is C17H22N2O3. The standard InChI is InChI=1S/C17H22N2O3/c1-9-3-4-12(17(21)22-2)8-13(9)19-16(20)14-10-5-6-11(7-10)15(14)18/h3-4,8,10-11,14-15H,5-7,18H2,1-2H3,(H,19,20). The second kappa shape index (κ2) is 5.72. The van der Waals surface area contributed by atoms with Crippen molar-refractivity contribution >= 4 is 17.6 Å². The molecule has 2 aliphatic rings. The van der Waals surface area contributed by atoms with Gasteiger partial charge in [0.15, 0.2) is 0 Å². The predicted octanol–water partition coefficient (Wildman–Crippen LogP) is 2.09. The Morgan fingerprint density at radius 3 is 2.64 bits per heavy atom. The smallest absolute Gasteiger partial charge is 0.337 e. The summed E-state index contributed by atoms with van der Waals surface area (Å²) < 4.78 is 4.72. The molecule has 4 unspecified atom stereocenters. The number of hydrogen-bond acceptors (Lipinski definition) is 4. The number of ether oxygens (including phenoxy) is 1. The van der Waals surface area contributed by atoms with Crippen LogP contribution in [0.2, 0.25) is 0 Å². The molecule has 2 bridgehead atoms. The Morgan fingerprint density at radius 2 is 2.00 bits per heavy atom. The Balaban J connectivity index is 1.78. The zero-order chi connectivity index (χ0) is 15.9. The van der Waals surface area contributed by atoms with Crippen LogP contribution in [0.4, 0.5) is 5.69 Å². The highest BCUT2D eigenvalue weighted by Crippen LogP contribution is 2.47. The summed E-state index contributed by atoms with van der Waals surface area (Å²) in [7, 11) is 1.34. The van der Waals surface area contributed by atoms with Crippen LogP contribution >= 0.6 is 0 Å². The van der Waals surface area contributed by atoms with Crippen molar-refractivity contribution < 1.29 is 14.3 Å². The van der Waals surface area contributed by atoms with Gasteiger partial charge in [0.1, 0.15) is 0 Å². The highest BCUT2D eigenvalue weighted by molar-refractivity contribution is 5.96. The van der Waals surface area contributed by atoms with Crippen molar-refractivity contribution in [3.63, 3.8) is 0 Å². The molecule has 3 rings (SSSR count). The lowest BCUT2D eigenvalue weighted by Crippen LogP contribution is -2.42. The largest absolute Gasteiger partial charge is 0.465 e. The van der Waals surface area contributed by atoms with Crippen molar-refractivity contribution in [3.8, 4) is 0 Å². The fraction of sp³-hybridized carbons (Fsp3) is 0.529. The number of nitrogens with one attached hydrogen (secondary N) is 1. The minimum atomic E-state index is -0.410. The Kier molecular flexibility index (Phi) is 3.91. The highest BCUT2D eigenvalue weighted by atomic mass is 16.5. The number of aryl methyl sites for hydroxylation is 1. The first-order valence-electron chi connectivity index (χ1n) is 7.76. The van der Waals surface area contributed by atoms with E-state index in [2.05, 4.69) is 5.32 Å². The second-order valence-corrected chi connectivity index (χ2v) is 6.45. The molecule has 5 nitrogen and oxygen atoms in total. The Labute approximate surface area is 130 Å². The third-order valence-corrected chi connectivity index (χ3v) is 5.20. The monoisotopic (exact) mass is 302 g/mol. The predicted molar refractivity (Wildman–Crippen MR) is 83.4 cm³/mol. The van der Waals surface area contributed by atoms with E-state index in [0.29, 0.717) is 23.1 Å². The number of hydrogen-bond donors (Lipinski definition) is 2. The second-order valence-electron chi connectivity index (χ2n) is 6.45. The van der Waals surface area contributed by atoms with Crippen LogP contribution in [-0.4, -0.2) is 25.0 Å². The van der Waals surface area contributed by atoms with E-state index in [4.69, 9.17) is 10.5 Å². The maximum Gasteiger partial charge on any atom is 0.337 e. The molecule has 0 spiro atoms. The molecule has 1 aromatic rings. The molecule has 1 amide bonds. The number of methoxy groups -OCH3 is 1. The fourth-order valence-electron chi connectivity index (χ4n) is 3.94. The van der Waals surface area contributed by atoms with Gasteiger partial charge in [0.2, 0.25) is 5.91 Å². The molecule has 2 aliphatic carbocycles. The van der Waals surface area contributed by atoms with E-state index in [1.165, 1.54) is 7.11 Å². The third kappa shape index (κ3) is 2.50. The summed E-state index contributed by atoms with van der Waals surface area (Å²) in [5.74, 6) is 0.351. The van der Waals surface area contributed by atoms with E-state index >= 15 is 0 Å². The first-order valence-corrected chi connectivity index (χ1v) is 7.76. The molecular weight excluding hydrogens is 280 g/mol. The summed E-state index contributed by atoms with van der Waals surface area (Å²) >= 11 is 0. The van der Waals surface area contributed by atoms with Crippen LogP contribution in [0.3, 0.4) is 0 Å². The van der Waals surface area contributed by atoms with E-state index in [0.717, 1.165) is 24.8 Å². The van der Waals surface area contributed by atoms with Crippen molar-refractivity contribution in [3.05, 3.63) is 29.3 Å². The van der Waals surface area contributed by atoms with E-state index < -0.39 is 5.97 Å². The Hall–Kier alpha value is -1.88. The van der Waals surface area contributed by atoms with E-state index in [1.54, 1.807) is 12.1 Å². The van der Waals surface area contributed by atoms with Gasteiger partial charge >= 0.3 is 5.97 Å². The number of carbonyl (C=O) groups is 2. The van der Waals surface area contributed by atoms with Crippen LogP contribution in [0, 0.1) is 24.7 Å². The van der Waals surface area contributed by atoms with Crippen LogP contribution in [0.25, 0.3) is 0 Å². The lowest BCUT2D eigenvalue weighted by atomic mass is 9.84. The minimum Gasteiger partial charge on any atom is -0.465 e. The van der Waals surface area contributed by atoms with Crippen molar-refractivity contribution in [1.82, 2.24) is 0 Å². The van der Waals surface area contributed by atoms with E-state index in [9.17, 15) is 9.59 Å². The van der Waals surface area contributed by atoms with Crippen molar-refractivity contribution in [2.75, 3.05) is 12.4 Å². The van der Waals surface area contributed by atoms with Gasteiger partial charge in [0.25, 0.3) is 0 Å². The molecule has 0 saturated heterocycles. The van der Waals surface area contributed by atoms with Crippen LogP contribution < -0.4 is 11.1 Å². The lowest BCUT2D eigenvalue weighted by Gasteiger charge is -2.27. The molecule has 4 atom stereocenters. The molecule has 1 aromatic carbocycles. The van der Waals surface area contributed by atoms with Crippen LogP contribution in [0.1, 0.15) is 35.2 Å². The normalized spacial score (nSPS) is 29.4. The van der Waals surface area contributed by atoms with Crippen molar-refractivity contribution in [2.24, 2.45) is 23.5 Å². The van der Waals surface area contributed by atoms with Gasteiger partial charge in [-0.1, -0.05) is 6.07 Å². The number of amides is 1.